The molecule has 6 heteroatoms. The lowest BCUT2D eigenvalue weighted by molar-refractivity contribution is -0.897. The number of piperidine rings is 1. The number of amides is 1. The summed E-state index contributed by atoms with van der Waals surface area (Å²) in [6.45, 7) is 3.97. The summed E-state index contributed by atoms with van der Waals surface area (Å²) in [5.41, 5.74) is 0.202. The van der Waals surface area contributed by atoms with Crippen LogP contribution < -0.4 is 10.2 Å². The van der Waals surface area contributed by atoms with Crippen LogP contribution in [0, 0.1) is 11.7 Å². The molecule has 0 aliphatic carbocycles. The van der Waals surface area contributed by atoms with Gasteiger partial charge in [0.2, 0.25) is 0 Å². The minimum atomic E-state index is -0.438. The van der Waals surface area contributed by atoms with Gasteiger partial charge in [-0.15, -0.1) is 0 Å². The van der Waals surface area contributed by atoms with Gasteiger partial charge in [-0.25, -0.2) is 4.39 Å². The van der Waals surface area contributed by atoms with E-state index in [-0.39, 0.29) is 30.0 Å². The normalized spacial score (nSPS) is 21.2. The van der Waals surface area contributed by atoms with Gasteiger partial charge < -0.3 is 15.0 Å². The van der Waals surface area contributed by atoms with Crippen molar-refractivity contribution in [2.75, 3.05) is 31.6 Å². The van der Waals surface area contributed by atoms with E-state index in [2.05, 4.69) is 5.32 Å². The smallest absolute Gasteiger partial charge is 0.309 e. The second-order valence-electron chi connectivity index (χ2n) is 5.48. The molecule has 0 bridgehead atoms. The number of para-hydroxylation sites is 1. The summed E-state index contributed by atoms with van der Waals surface area (Å²) in [5, 5.41) is 2.59. The van der Waals surface area contributed by atoms with Gasteiger partial charge in [0.1, 0.15) is 5.82 Å². The van der Waals surface area contributed by atoms with Crippen LogP contribution in [0.2, 0.25) is 0 Å². The van der Waals surface area contributed by atoms with Crippen molar-refractivity contribution in [2.24, 2.45) is 5.92 Å². The number of likely N-dealkylation sites (tertiary alicyclic amines) is 1. The van der Waals surface area contributed by atoms with Crippen LogP contribution in [0.1, 0.15) is 19.8 Å². The predicted octanol–water partition coefficient (Wildman–Crippen LogP) is 0.622. The Balaban J connectivity index is 1.77. The number of ether oxygens (including phenoxy) is 1. The first kappa shape index (κ1) is 16.4. The first-order chi connectivity index (χ1) is 10.6. The quantitative estimate of drug-likeness (QED) is 0.784. The van der Waals surface area contributed by atoms with Crippen molar-refractivity contribution in [3.8, 4) is 0 Å². The molecule has 22 heavy (non-hydrogen) atoms. The second-order valence-corrected chi connectivity index (χ2v) is 5.48. The fourth-order valence-electron chi connectivity index (χ4n) is 2.68. The highest BCUT2D eigenvalue weighted by Crippen LogP contribution is 2.13. The maximum atomic E-state index is 13.5. The number of benzene rings is 1. The third-order valence-electron chi connectivity index (χ3n) is 3.87. The van der Waals surface area contributed by atoms with E-state index in [1.54, 1.807) is 19.1 Å². The maximum absolute atomic E-state index is 13.5. The van der Waals surface area contributed by atoms with Crippen molar-refractivity contribution in [1.29, 1.82) is 0 Å². The fraction of sp³-hybridized carbons (Fsp3) is 0.500. The highest BCUT2D eigenvalue weighted by atomic mass is 19.1. The van der Waals surface area contributed by atoms with Crippen LogP contribution in [0.25, 0.3) is 0 Å². The Kier molecular flexibility index (Phi) is 5.89. The Morgan fingerprint density at radius 1 is 1.32 bits per heavy atom. The van der Waals surface area contributed by atoms with Crippen LogP contribution in [0.4, 0.5) is 10.1 Å². The Bertz CT molecular complexity index is 528. The number of nitrogens with one attached hydrogen (secondary N) is 2. The monoisotopic (exact) mass is 309 g/mol. The van der Waals surface area contributed by atoms with Crippen LogP contribution in [0.5, 0.6) is 0 Å². The van der Waals surface area contributed by atoms with Gasteiger partial charge in [0.15, 0.2) is 6.54 Å². The van der Waals surface area contributed by atoms with Crippen molar-refractivity contribution in [3.05, 3.63) is 30.1 Å². The summed E-state index contributed by atoms with van der Waals surface area (Å²) in [6.07, 6.45) is 1.45. The SMILES string of the molecule is CCOC(=O)C1CC[NH+](CC(=O)Nc2ccccc2F)CC1. The van der Waals surface area contributed by atoms with E-state index in [1.807, 2.05) is 0 Å². The minimum absolute atomic E-state index is 0.0571. The van der Waals surface area contributed by atoms with E-state index in [9.17, 15) is 14.0 Å². The van der Waals surface area contributed by atoms with Crippen LogP contribution in [0.3, 0.4) is 0 Å². The topological polar surface area (TPSA) is 59.8 Å². The van der Waals surface area contributed by atoms with E-state index in [1.165, 1.54) is 12.1 Å². The number of hydrogen-bond donors (Lipinski definition) is 2. The van der Waals surface area contributed by atoms with Gasteiger partial charge in [0, 0.05) is 12.8 Å². The maximum Gasteiger partial charge on any atom is 0.309 e. The first-order valence-electron chi connectivity index (χ1n) is 7.64. The molecular formula is C16H22FN2O3+. The number of halogens is 1. The van der Waals surface area contributed by atoms with Gasteiger partial charge in [-0.05, 0) is 19.1 Å². The van der Waals surface area contributed by atoms with E-state index in [0.717, 1.165) is 30.8 Å². The number of anilines is 1. The third-order valence-corrected chi connectivity index (χ3v) is 3.87. The lowest BCUT2D eigenvalue weighted by Crippen LogP contribution is -3.14. The minimum Gasteiger partial charge on any atom is -0.466 e. The lowest BCUT2D eigenvalue weighted by atomic mass is 9.97. The first-order valence-corrected chi connectivity index (χ1v) is 7.64. The average Bonchev–Trinajstić information content (AvgIpc) is 2.50. The number of carbonyl (C=O) groups is 2. The Morgan fingerprint density at radius 3 is 2.64 bits per heavy atom. The summed E-state index contributed by atoms with van der Waals surface area (Å²) in [5.74, 6) is -0.850. The molecule has 0 aromatic heterocycles. The van der Waals surface area contributed by atoms with Gasteiger partial charge in [-0.2, -0.15) is 0 Å². The summed E-state index contributed by atoms with van der Waals surface area (Å²) >= 11 is 0. The molecular weight excluding hydrogens is 287 g/mol. The van der Waals surface area contributed by atoms with E-state index in [4.69, 9.17) is 4.74 Å². The number of hydrogen-bond acceptors (Lipinski definition) is 3. The summed E-state index contributed by atoms with van der Waals surface area (Å²) in [7, 11) is 0. The molecule has 0 unspecified atom stereocenters. The molecule has 1 aromatic rings. The Hall–Kier alpha value is -1.95. The molecule has 1 aliphatic rings. The average molecular weight is 309 g/mol. The summed E-state index contributed by atoms with van der Waals surface area (Å²) in [4.78, 5) is 24.7. The molecule has 120 valence electrons. The number of carbonyl (C=O) groups excluding carboxylic acids is 2. The molecule has 0 atom stereocenters. The standard InChI is InChI=1S/C16H21FN2O3/c1-2-22-16(21)12-7-9-19(10-8-12)11-15(20)18-14-6-4-3-5-13(14)17/h3-6,12H,2,7-11H2,1H3,(H,18,20)/p+1. The molecule has 1 heterocycles. The largest absolute Gasteiger partial charge is 0.466 e. The summed E-state index contributed by atoms with van der Waals surface area (Å²) < 4.78 is 18.5. The van der Waals surface area contributed by atoms with Gasteiger partial charge in [0.05, 0.1) is 31.3 Å². The Labute approximate surface area is 129 Å². The number of esters is 1. The van der Waals surface area contributed by atoms with Crippen LogP contribution >= 0.6 is 0 Å². The molecule has 1 amide bonds. The molecule has 0 saturated carbocycles. The summed E-state index contributed by atoms with van der Waals surface area (Å²) in [6, 6.07) is 6.11. The van der Waals surface area contributed by atoms with Gasteiger partial charge in [-0.1, -0.05) is 12.1 Å². The van der Waals surface area contributed by atoms with Gasteiger partial charge in [0.25, 0.3) is 5.91 Å². The van der Waals surface area contributed by atoms with Crippen LogP contribution in [-0.4, -0.2) is 38.1 Å². The van der Waals surface area contributed by atoms with Crippen LogP contribution in [-0.2, 0) is 14.3 Å². The van der Waals surface area contributed by atoms with Gasteiger partial charge in [-0.3, -0.25) is 9.59 Å². The van der Waals surface area contributed by atoms with Crippen molar-refractivity contribution in [2.45, 2.75) is 19.8 Å². The van der Waals surface area contributed by atoms with E-state index in [0.29, 0.717) is 6.61 Å². The van der Waals surface area contributed by atoms with E-state index < -0.39 is 5.82 Å². The molecule has 0 spiro atoms. The highest BCUT2D eigenvalue weighted by Gasteiger charge is 2.29. The molecule has 0 radical (unpaired) electrons. The highest BCUT2D eigenvalue weighted by molar-refractivity contribution is 5.91. The second kappa shape index (κ2) is 7.89. The van der Waals surface area contributed by atoms with Crippen LogP contribution in [0.15, 0.2) is 24.3 Å². The van der Waals surface area contributed by atoms with E-state index >= 15 is 0 Å². The van der Waals surface area contributed by atoms with Gasteiger partial charge >= 0.3 is 5.97 Å². The number of quaternary nitrogens is 1. The van der Waals surface area contributed by atoms with Crippen molar-refractivity contribution in [3.63, 3.8) is 0 Å². The predicted molar refractivity (Wildman–Crippen MR) is 80.0 cm³/mol. The molecule has 2 rings (SSSR count). The lowest BCUT2D eigenvalue weighted by Gasteiger charge is -2.27. The number of rotatable bonds is 5. The molecule has 1 fully saturated rings. The molecule has 1 aromatic carbocycles. The molecule has 1 aliphatic heterocycles. The van der Waals surface area contributed by atoms with Crippen molar-refractivity contribution >= 4 is 17.6 Å². The molecule has 1 saturated heterocycles. The zero-order chi connectivity index (χ0) is 15.9. The molecule has 2 N–H and O–H groups in total. The molecule has 5 nitrogen and oxygen atoms in total. The Morgan fingerprint density at radius 2 is 2.00 bits per heavy atom. The van der Waals surface area contributed by atoms with Crippen molar-refractivity contribution < 1.29 is 23.6 Å². The fourth-order valence-corrected chi connectivity index (χ4v) is 2.68. The third kappa shape index (κ3) is 4.53. The van der Waals surface area contributed by atoms with Crippen molar-refractivity contribution in [1.82, 2.24) is 0 Å². The zero-order valence-corrected chi connectivity index (χ0v) is 12.7. The zero-order valence-electron chi connectivity index (χ0n) is 12.7.